The van der Waals surface area contributed by atoms with Crippen molar-refractivity contribution in [3.05, 3.63) is 30.3 Å². The van der Waals surface area contributed by atoms with Gasteiger partial charge in [-0.1, -0.05) is 31.2 Å². The van der Waals surface area contributed by atoms with E-state index in [0.29, 0.717) is 23.9 Å². The van der Waals surface area contributed by atoms with Gasteiger partial charge in [-0.05, 0) is 6.42 Å². The lowest BCUT2D eigenvalue weighted by molar-refractivity contribution is 0.120. The van der Waals surface area contributed by atoms with Crippen LogP contribution in [0.15, 0.2) is 30.3 Å². The van der Waals surface area contributed by atoms with Crippen molar-refractivity contribution in [1.29, 1.82) is 0 Å². The molecule has 2 aromatic carbocycles. The van der Waals surface area contributed by atoms with E-state index in [1.165, 1.54) is 14.2 Å². The number of methoxy groups -OCH3 is 2. The Morgan fingerprint density at radius 3 is 2.43 bits per heavy atom. The van der Waals surface area contributed by atoms with Crippen molar-refractivity contribution < 1.29 is 23.7 Å². The Balaban J connectivity index is 2.59. The minimum Gasteiger partial charge on any atom is -0.493 e. The molecule has 0 heterocycles. The van der Waals surface area contributed by atoms with E-state index < -0.39 is 6.16 Å². The molecule has 0 spiro atoms. The molecule has 21 heavy (non-hydrogen) atoms. The van der Waals surface area contributed by atoms with Gasteiger partial charge in [0.1, 0.15) is 5.75 Å². The van der Waals surface area contributed by atoms with Gasteiger partial charge in [0.05, 0.1) is 20.8 Å². The monoisotopic (exact) mass is 290 g/mol. The molecule has 0 aliphatic rings. The van der Waals surface area contributed by atoms with Crippen LogP contribution in [-0.2, 0) is 4.74 Å². The van der Waals surface area contributed by atoms with Crippen LogP contribution in [-0.4, -0.2) is 27.0 Å². The first kappa shape index (κ1) is 15.0. The summed E-state index contributed by atoms with van der Waals surface area (Å²) < 4.78 is 20.8. The third-order valence-electron chi connectivity index (χ3n) is 2.96. The van der Waals surface area contributed by atoms with Crippen molar-refractivity contribution in [2.75, 3.05) is 20.8 Å². The van der Waals surface area contributed by atoms with Crippen LogP contribution in [0.25, 0.3) is 10.8 Å². The topological polar surface area (TPSA) is 54.0 Å². The lowest BCUT2D eigenvalue weighted by Gasteiger charge is -2.15. The lowest BCUT2D eigenvalue weighted by atomic mass is 10.1. The molecule has 0 saturated heterocycles. The van der Waals surface area contributed by atoms with Gasteiger partial charge in [-0.15, -0.1) is 0 Å². The average Bonchev–Trinajstić information content (AvgIpc) is 2.53. The SMILES string of the molecule is CCCOc1cc(OC)c(OC(=O)OC)c2ccccc12. The molecule has 0 amide bonds. The number of benzene rings is 2. The molecule has 5 nitrogen and oxygen atoms in total. The number of carbonyl (C=O) groups excluding carboxylic acids is 1. The molecule has 0 aliphatic carbocycles. The molecule has 112 valence electrons. The third-order valence-corrected chi connectivity index (χ3v) is 2.96. The van der Waals surface area contributed by atoms with Crippen LogP contribution in [0.5, 0.6) is 17.2 Å². The van der Waals surface area contributed by atoms with Crippen molar-refractivity contribution in [2.24, 2.45) is 0 Å². The van der Waals surface area contributed by atoms with Gasteiger partial charge in [0, 0.05) is 16.8 Å². The van der Waals surface area contributed by atoms with Crippen LogP contribution in [0, 0.1) is 0 Å². The molecule has 0 aromatic heterocycles. The molecule has 0 bridgehead atoms. The van der Waals surface area contributed by atoms with E-state index in [4.69, 9.17) is 14.2 Å². The van der Waals surface area contributed by atoms with Crippen molar-refractivity contribution in [3.63, 3.8) is 0 Å². The number of fused-ring (bicyclic) bond motifs is 1. The molecule has 0 atom stereocenters. The summed E-state index contributed by atoms with van der Waals surface area (Å²) in [7, 11) is 2.77. The first-order valence-electron chi connectivity index (χ1n) is 6.69. The first-order valence-corrected chi connectivity index (χ1v) is 6.69. The van der Waals surface area contributed by atoms with E-state index in [2.05, 4.69) is 4.74 Å². The average molecular weight is 290 g/mol. The van der Waals surface area contributed by atoms with E-state index in [1.54, 1.807) is 6.07 Å². The summed E-state index contributed by atoms with van der Waals surface area (Å²) in [6, 6.07) is 9.22. The molecule has 0 saturated carbocycles. The zero-order valence-electron chi connectivity index (χ0n) is 12.3. The largest absolute Gasteiger partial charge is 0.513 e. The number of rotatable bonds is 5. The van der Waals surface area contributed by atoms with Gasteiger partial charge in [0.15, 0.2) is 11.5 Å². The molecule has 2 rings (SSSR count). The van der Waals surface area contributed by atoms with Crippen LogP contribution < -0.4 is 14.2 Å². The Kier molecular flexibility index (Phi) is 4.87. The molecule has 0 N–H and O–H groups in total. The fourth-order valence-corrected chi connectivity index (χ4v) is 2.00. The van der Waals surface area contributed by atoms with Crippen molar-refractivity contribution in [3.8, 4) is 17.2 Å². The molecule has 0 unspecified atom stereocenters. The second kappa shape index (κ2) is 6.83. The summed E-state index contributed by atoms with van der Waals surface area (Å²) in [6.07, 6.45) is 0.109. The second-order valence-electron chi connectivity index (χ2n) is 4.36. The molecule has 0 aliphatic heterocycles. The van der Waals surface area contributed by atoms with Crippen LogP contribution in [0.2, 0.25) is 0 Å². The van der Waals surface area contributed by atoms with E-state index >= 15 is 0 Å². The van der Waals surface area contributed by atoms with Gasteiger partial charge in [-0.2, -0.15) is 0 Å². The van der Waals surface area contributed by atoms with Gasteiger partial charge in [-0.25, -0.2) is 4.79 Å². The van der Waals surface area contributed by atoms with Gasteiger partial charge < -0.3 is 18.9 Å². The minimum atomic E-state index is -0.791. The highest BCUT2D eigenvalue weighted by atomic mass is 16.7. The molecule has 2 aromatic rings. The fourth-order valence-electron chi connectivity index (χ4n) is 2.00. The van der Waals surface area contributed by atoms with Crippen LogP contribution in [0.4, 0.5) is 4.79 Å². The quantitative estimate of drug-likeness (QED) is 0.619. The Morgan fingerprint density at radius 1 is 1.10 bits per heavy atom. The number of hydrogen-bond donors (Lipinski definition) is 0. The lowest BCUT2D eigenvalue weighted by Crippen LogP contribution is -2.09. The summed E-state index contributed by atoms with van der Waals surface area (Å²) in [5, 5.41) is 1.58. The standard InChI is InChI=1S/C16H18O5/c1-4-9-20-13-10-14(18-2)15(21-16(17)19-3)12-8-6-5-7-11(12)13/h5-8,10H,4,9H2,1-3H3. The fraction of sp³-hybridized carbons (Fsp3) is 0.312. The zero-order valence-corrected chi connectivity index (χ0v) is 12.3. The van der Waals surface area contributed by atoms with Gasteiger partial charge in [0.2, 0.25) is 0 Å². The predicted molar refractivity (Wildman–Crippen MR) is 79.3 cm³/mol. The minimum absolute atomic E-state index is 0.323. The first-order chi connectivity index (χ1) is 10.2. The number of carbonyl (C=O) groups is 1. The zero-order chi connectivity index (χ0) is 15.2. The third kappa shape index (κ3) is 3.18. The summed E-state index contributed by atoms with van der Waals surface area (Å²) in [6.45, 7) is 2.64. The molecule has 0 radical (unpaired) electrons. The van der Waals surface area contributed by atoms with Crippen molar-refractivity contribution >= 4 is 16.9 Å². The van der Waals surface area contributed by atoms with Crippen LogP contribution in [0.1, 0.15) is 13.3 Å². The molecular weight excluding hydrogens is 272 g/mol. The van der Waals surface area contributed by atoms with Gasteiger partial charge in [0.25, 0.3) is 0 Å². The number of hydrogen-bond acceptors (Lipinski definition) is 5. The van der Waals surface area contributed by atoms with Gasteiger partial charge >= 0.3 is 6.16 Å². The van der Waals surface area contributed by atoms with E-state index in [1.807, 2.05) is 31.2 Å². The Morgan fingerprint density at radius 2 is 1.81 bits per heavy atom. The maximum absolute atomic E-state index is 11.4. The summed E-state index contributed by atoms with van der Waals surface area (Å²) >= 11 is 0. The Bertz CT molecular complexity index is 636. The summed E-state index contributed by atoms with van der Waals surface area (Å²) in [4.78, 5) is 11.4. The van der Waals surface area contributed by atoms with Crippen LogP contribution in [0.3, 0.4) is 0 Å². The Hall–Kier alpha value is -2.43. The van der Waals surface area contributed by atoms with E-state index in [0.717, 1.165) is 17.2 Å². The normalized spacial score (nSPS) is 10.2. The van der Waals surface area contributed by atoms with Crippen LogP contribution >= 0.6 is 0 Å². The van der Waals surface area contributed by atoms with Crippen molar-refractivity contribution in [2.45, 2.75) is 13.3 Å². The van der Waals surface area contributed by atoms with E-state index in [-0.39, 0.29) is 0 Å². The summed E-state index contributed by atoms with van der Waals surface area (Å²) in [5.41, 5.74) is 0. The maximum atomic E-state index is 11.4. The predicted octanol–water partition coefficient (Wildman–Crippen LogP) is 3.78. The molecule has 5 heteroatoms. The maximum Gasteiger partial charge on any atom is 0.513 e. The molecule has 0 fully saturated rings. The number of ether oxygens (including phenoxy) is 4. The second-order valence-corrected chi connectivity index (χ2v) is 4.36. The van der Waals surface area contributed by atoms with E-state index in [9.17, 15) is 4.79 Å². The highest BCUT2D eigenvalue weighted by Crippen LogP contribution is 2.41. The van der Waals surface area contributed by atoms with Gasteiger partial charge in [-0.3, -0.25) is 0 Å². The van der Waals surface area contributed by atoms with Crippen molar-refractivity contribution in [1.82, 2.24) is 0 Å². The Labute approximate surface area is 123 Å². The highest BCUT2D eigenvalue weighted by molar-refractivity contribution is 5.96. The summed E-state index contributed by atoms with van der Waals surface area (Å²) in [5.74, 6) is 1.44. The highest BCUT2D eigenvalue weighted by Gasteiger charge is 2.18. The smallest absolute Gasteiger partial charge is 0.493 e. The molecular formula is C16H18O5.